The van der Waals surface area contributed by atoms with E-state index >= 15 is 0 Å². The zero-order chi connectivity index (χ0) is 10.8. The number of nitrogens with zero attached hydrogens (tertiary/aromatic N) is 1. The van der Waals surface area contributed by atoms with Crippen molar-refractivity contribution in [3.8, 4) is 0 Å². The van der Waals surface area contributed by atoms with Crippen molar-refractivity contribution in [1.29, 1.82) is 0 Å². The Bertz CT molecular complexity index is 297. The Hall–Kier alpha value is -0.790. The number of H-pyrrole nitrogens is 1. The van der Waals surface area contributed by atoms with E-state index in [2.05, 4.69) is 31.0 Å². The molecule has 0 aliphatic heterocycles. The van der Waals surface area contributed by atoms with Gasteiger partial charge in [-0.3, -0.25) is 5.10 Å². The maximum Gasteiger partial charge on any atom is 0.0662 e. The van der Waals surface area contributed by atoms with Crippen LogP contribution in [0.2, 0.25) is 0 Å². The Kier molecular flexibility index (Phi) is 3.35. The molecular formula is C12H22N2. The van der Waals surface area contributed by atoms with E-state index in [-0.39, 0.29) is 0 Å². The molecule has 1 aliphatic rings. The van der Waals surface area contributed by atoms with Crippen molar-refractivity contribution < 1.29 is 0 Å². The summed E-state index contributed by atoms with van der Waals surface area (Å²) in [7, 11) is 0. The molecule has 1 aromatic rings. The molecule has 1 N–H and O–H groups in total. The number of hydrogen-bond acceptors (Lipinski definition) is 1. The van der Waals surface area contributed by atoms with Crippen molar-refractivity contribution in [2.75, 3.05) is 0 Å². The van der Waals surface area contributed by atoms with Crippen LogP contribution >= 0.6 is 0 Å². The van der Waals surface area contributed by atoms with E-state index in [4.69, 9.17) is 0 Å². The molecule has 0 atom stereocenters. The van der Waals surface area contributed by atoms with Crippen LogP contribution in [0.25, 0.3) is 0 Å². The van der Waals surface area contributed by atoms with Crippen molar-refractivity contribution in [3.63, 3.8) is 0 Å². The second-order valence-corrected chi connectivity index (χ2v) is 4.61. The Balaban J connectivity index is 0.000000461. The molecule has 0 saturated heterocycles. The molecule has 0 amide bonds. The van der Waals surface area contributed by atoms with E-state index in [9.17, 15) is 0 Å². The Morgan fingerprint density at radius 2 is 1.93 bits per heavy atom. The molecule has 0 radical (unpaired) electrons. The summed E-state index contributed by atoms with van der Waals surface area (Å²) in [6, 6.07) is 0. The van der Waals surface area contributed by atoms with Crippen LogP contribution in [0.5, 0.6) is 0 Å². The minimum absolute atomic E-state index is 0.453. The number of aryl methyl sites for hydroxylation is 1. The molecule has 0 fully saturated rings. The van der Waals surface area contributed by atoms with Gasteiger partial charge in [0.25, 0.3) is 0 Å². The lowest BCUT2D eigenvalue weighted by molar-refractivity contribution is 0.312. The second kappa shape index (κ2) is 4.16. The van der Waals surface area contributed by atoms with Crippen LogP contribution in [0.15, 0.2) is 0 Å². The lowest BCUT2D eigenvalue weighted by Crippen LogP contribution is -2.21. The van der Waals surface area contributed by atoms with Crippen molar-refractivity contribution in [3.05, 3.63) is 17.0 Å². The molecule has 1 aromatic heterocycles. The number of aromatic nitrogens is 2. The van der Waals surface area contributed by atoms with Crippen LogP contribution in [0.3, 0.4) is 0 Å². The van der Waals surface area contributed by atoms with Gasteiger partial charge in [0.15, 0.2) is 0 Å². The average Bonchev–Trinajstić information content (AvgIpc) is 2.49. The zero-order valence-electron chi connectivity index (χ0n) is 10.1. The minimum atomic E-state index is 0.453. The van der Waals surface area contributed by atoms with Gasteiger partial charge in [0, 0.05) is 5.69 Å². The van der Waals surface area contributed by atoms with Gasteiger partial charge in [-0.15, -0.1) is 0 Å². The van der Waals surface area contributed by atoms with Crippen molar-refractivity contribution in [1.82, 2.24) is 10.2 Å². The van der Waals surface area contributed by atoms with Gasteiger partial charge in [-0.05, 0) is 37.2 Å². The molecule has 2 nitrogen and oxygen atoms in total. The number of nitrogens with one attached hydrogen (secondary N) is 1. The first-order valence-corrected chi connectivity index (χ1v) is 5.61. The van der Waals surface area contributed by atoms with Crippen molar-refractivity contribution in [2.45, 2.75) is 53.9 Å². The summed E-state index contributed by atoms with van der Waals surface area (Å²) >= 11 is 0. The predicted molar refractivity (Wildman–Crippen MR) is 60.5 cm³/mol. The molecule has 2 heteroatoms. The standard InChI is InChI=1S/C10H16N2.C2H6/c1-7-8-4-5-10(2,3)6-9(8)12-11-7;1-2/h4-6H2,1-3H3,(H,11,12);1-2H3. The summed E-state index contributed by atoms with van der Waals surface area (Å²) in [5.74, 6) is 0. The maximum atomic E-state index is 4.33. The normalized spacial score (nSPS) is 18.1. The van der Waals surface area contributed by atoms with Gasteiger partial charge in [0.05, 0.1) is 5.69 Å². The summed E-state index contributed by atoms with van der Waals surface area (Å²) in [5, 5.41) is 7.39. The van der Waals surface area contributed by atoms with Gasteiger partial charge in [-0.2, -0.15) is 5.10 Å². The van der Waals surface area contributed by atoms with Crippen LogP contribution in [-0.4, -0.2) is 10.2 Å². The molecule has 0 bridgehead atoms. The van der Waals surface area contributed by atoms with Gasteiger partial charge in [-0.1, -0.05) is 27.7 Å². The molecule has 0 spiro atoms. The summed E-state index contributed by atoms with van der Waals surface area (Å²) in [6.07, 6.45) is 3.62. The largest absolute Gasteiger partial charge is 0.282 e. The van der Waals surface area contributed by atoms with E-state index < -0.39 is 0 Å². The first-order chi connectivity index (χ1) is 6.58. The third-order valence-electron chi connectivity index (χ3n) is 2.86. The summed E-state index contributed by atoms with van der Waals surface area (Å²) in [4.78, 5) is 0. The molecule has 1 aliphatic carbocycles. The lowest BCUT2D eigenvalue weighted by atomic mass is 9.76. The highest BCUT2D eigenvalue weighted by Gasteiger charge is 2.27. The fraction of sp³-hybridized carbons (Fsp3) is 0.750. The Labute approximate surface area is 87.1 Å². The molecule has 0 aromatic carbocycles. The molecular weight excluding hydrogens is 172 g/mol. The third-order valence-corrected chi connectivity index (χ3v) is 2.86. The topological polar surface area (TPSA) is 28.7 Å². The highest BCUT2D eigenvalue weighted by Crippen LogP contribution is 2.34. The van der Waals surface area contributed by atoms with E-state index in [1.807, 2.05) is 13.8 Å². The summed E-state index contributed by atoms with van der Waals surface area (Å²) in [5.41, 5.74) is 4.48. The van der Waals surface area contributed by atoms with E-state index in [0.29, 0.717) is 5.41 Å². The van der Waals surface area contributed by atoms with Crippen LogP contribution in [0.1, 0.15) is 51.1 Å². The average molecular weight is 194 g/mol. The Morgan fingerprint density at radius 3 is 2.57 bits per heavy atom. The predicted octanol–water partition coefficient (Wildman–Crippen LogP) is 3.26. The van der Waals surface area contributed by atoms with Crippen LogP contribution in [0.4, 0.5) is 0 Å². The molecule has 1 heterocycles. The first-order valence-electron chi connectivity index (χ1n) is 5.61. The van der Waals surface area contributed by atoms with Crippen LogP contribution in [-0.2, 0) is 12.8 Å². The highest BCUT2D eigenvalue weighted by atomic mass is 15.1. The third kappa shape index (κ3) is 2.17. The van der Waals surface area contributed by atoms with Crippen LogP contribution < -0.4 is 0 Å². The zero-order valence-corrected chi connectivity index (χ0v) is 10.1. The van der Waals surface area contributed by atoms with Crippen molar-refractivity contribution >= 4 is 0 Å². The number of rotatable bonds is 0. The molecule has 0 unspecified atom stereocenters. The molecule has 0 saturated carbocycles. The van der Waals surface area contributed by atoms with Gasteiger partial charge in [-0.25, -0.2) is 0 Å². The fourth-order valence-electron chi connectivity index (χ4n) is 1.99. The SMILES string of the molecule is CC.Cc1[nH]nc2c1CCC(C)(C)C2. The van der Waals surface area contributed by atoms with E-state index in [1.165, 1.54) is 29.8 Å². The smallest absolute Gasteiger partial charge is 0.0662 e. The molecule has 80 valence electrons. The lowest BCUT2D eigenvalue weighted by Gasteiger charge is -2.28. The second-order valence-electron chi connectivity index (χ2n) is 4.61. The minimum Gasteiger partial charge on any atom is -0.282 e. The quantitative estimate of drug-likeness (QED) is 0.674. The van der Waals surface area contributed by atoms with Gasteiger partial charge in [0.1, 0.15) is 0 Å². The molecule has 14 heavy (non-hydrogen) atoms. The first kappa shape index (κ1) is 11.3. The fourth-order valence-corrected chi connectivity index (χ4v) is 1.99. The summed E-state index contributed by atoms with van der Waals surface area (Å²) < 4.78 is 0. The van der Waals surface area contributed by atoms with Crippen LogP contribution in [0, 0.1) is 12.3 Å². The number of hydrogen-bond donors (Lipinski definition) is 1. The summed E-state index contributed by atoms with van der Waals surface area (Å²) in [6.45, 7) is 10.8. The monoisotopic (exact) mass is 194 g/mol. The van der Waals surface area contributed by atoms with Gasteiger partial charge >= 0.3 is 0 Å². The van der Waals surface area contributed by atoms with Gasteiger partial charge < -0.3 is 0 Å². The molecule has 2 rings (SSSR count). The maximum absolute atomic E-state index is 4.33. The number of fused-ring (bicyclic) bond motifs is 1. The Morgan fingerprint density at radius 1 is 1.29 bits per heavy atom. The highest BCUT2D eigenvalue weighted by molar-refractivity contribution is 5.27. The van der Waals surface area contributed by atoms with E-state index in [1.54, 1.807) is 0 Å². The van der Waals surface area contributed by atoms with E-state index in [0.717, 1.165) is 6.42 Å². The van der Waals surface area contributed by atoms with Crippen molar-refractivity contribution in [2.24, 2.45) is 5.41 Å². The van der Waals surface area contributed by atoms with Gasteiger partial charge in [0.2, 0.25) is 0 Å². The number of aromatic amines is 1.